The summed E-state index contributed by atoms with van der Waals surface area (Å²) in [4.78, 5) is 12.8. The van der Waals surface area contributed by atoms with Gasteiger partial charge in [-0.1, -0.05) is 29.3 Å². The van der Waals surface area contributed by atoms with Crippen LogP contribution >= 0.6 is 28.1 Å². The van der Waals surface area contributed by atoms with Crippen LogP contribution in [0.2, 0.25) is 0 Å². The average molecular weight is 395 g/mol. The van der Waals surface area contributed by atoms with E-state index in [-0.39, 0.29) is 11.5 Å². The minimum atomic E-state index is -0.808. The third kappa shape index (κ3) is 2.30. The summed E-state index contributed by atoms with van der Waals surface area (Å²) >= 11 is 8.73. The molecule has 0 aromatic heterocycles. The molecule has 2 aliphatic heterocycles. The molecule has 0 radical (unpaired) electrons. The van der Waals surface area contributed by atoms with E-state index in [1.807, 2.05) is 18.2 Å². The Kier molecular flexibility index (Phi) is 3.47. The number of nitrogens with one attached hydrogen (secondary N) is 2. The van der Waals surface area contributed by atoms with Crippen LogP contribution in [0.1, 0.15) is 44.6 Å². The maximum absolute atomic E-state index is 12.8. The number of ether oxygens (including phenoxy) is 1. The molecular weight excluding hydrogens is 376 g/mol. The lowest BCUT2D eigenvalue weighted by Gasteiger charge is -2.44. The van der Waals surface area contributed by atoms with Gasteiger partial charge in [0.2, 0.25) is 0 Å². The van der Waals surface area contributed by atoms with Gasteiger partial charge in [-0.15, -0.1) is 0 Å². The fourth-order valence-corrected chi connectivity index (χ4v) is 5.01. The summed E-state index contributed by atoms with van der Waals surface area (Å²) in [5, 5.41) is 6.44. The number of hydrogen-bond donors (Lipinski definition) is 2. The number of fused-ring (bicyclic) bond motifs is 2. The fraction of sp³-hybridized carbons (Fsp3) is 0.529. The smallest absolute Gasteiger partial charge is 0.256 e. The van der Waals surface area contributed by atoms with Crippen LogP contribution in [0.3, 0.4) is 0 Å². The van der Waals surface area contributed by atoms with E-state index in [0.717, 1.165) is 41.5 Å². The predicted octanol–water partition coefficient (Wildman–Crippen LogP) is 3.38. The summed E-state index contributed by atoms with van der Waals surface area (Å²) in [6.45, 7) is 2.23. The van der Waals surface area contributed by atoms with Crippen molar-refractivity contribution in [3.63, 3.8) is 0 Å². The third-order valence-electron chi connectivity index (χ3n) is 5.50. The zero-order valence-corrected chi connectivity index (χ0v) is 15.4. The predicted molar refractivity (Wildman–Crippen MR) is 95.3 cm³/mol. The molecule has 1 amide bonds. The van der Waals surface area contributed by atoms with E-state index >= 15 is 0 Å². The second-order valence-corrected chi connectivity index (χ2v) is 8.26. The number of carbonyl (C=O) groups excluding carboxylic acids is 1. The second kappa shape index (κ2) is 5.18. The molecule has 4 nitrogen and oxygen atoms in total. The van der Waals surface area contributed by atoms with Gasteiger partial charge >= 0.3 is 0 Å². The van der Waals surface area contributed by atoms with E-state index in [1.165, 1.54) is 0 Å². The molecule has 1 aromatic carbocycles. The van der Waals surface area contributed by atoms with E-state index < -0.39 is 5.54 Å². The van der Waals surface area contributed by atoms with Crippen molar-refractivity contribution in [2.24, 2.45) is 5.92 Å². The Hall–Kier alpha value is -1.14. The minimum Gasteiger partial charge on any atom is -0.487 e. The fourth-order valence-electron chi connectivity index (χ4n) is 4.38. The van der Waals surface area contributed by atoms with E-state index in [1.54, 1.807) is 0 Å². The lowest BCUT2D eigenvalue weighted by Crippen LogP contribution is -2.55. The zero-order valence-electron chi connectivity index (χ0n) is 12.9. The van der Waals surface area contributed by atoms with Gasteiger partial charge in [0.25, 0.3) is 5.91 Å². The lowest BCUT2D eigenvalue weighted by molar-refractivity contribution is -0.128. The Labute approximate surface area is 149 Å². The van der Waals surface area contributed by atoms with Crippen molar-refractivity contribution in [1.29, 1.82) is 0 Å². The van der Waals surface area contributed by atoms with Crippen molar-refractivity contribution in [3.05, 3.63) is 28.2 Å². The van der Waals surface area contributed by atoms with Crippen LogP contribution in [0.5, 0.6) is 5.75 Å². The van der Waals surface area contributed by atoms with Gasteiger partial charge < -0.3 is 15.4 Å². The first-order valence-electron chi connectivity index (χ1n) is 8.09. The summed E-state index contributed by atoms with van der Waals surface area (Å²) in [6.07, 6.45) is 4.94. The first-order valence-corrected chi connectivity index (χ1v) is 9.29. The molecule has 0 bridgehead atoms. The van der Waals surface area contributed by atoms with Crippen LogP contribution in [-0.2, 0) is 10.3 Å². The molecule has 2 fully saturated rings. The van der Waals surface area contributed by atoms with Crippen LogP contribution in [0.15, 0.2) is 22.7 Å². The second-order valence-electron chi connectivity index (χ2n) is 6.93. The van der Waals surface area contributed by atoms with E-state index in [9.17, 15) is 4.79 Å². The molecule has 4 rings (SSSR count). The SMILES string of the molecule is CCC1CCC2(C1)CC1(NC(=S)NC1=O)c1cc(Br)ccc1O2. The molecule has 2 N–H and O–H groups in total. The highest BCUT2D eigenvalue weighted by atomic mass is 79.9. The van der Waals surface area contributed by atoms with Gasteiger partial charge in [0.05, 0.1) is 0 Å². The van der Waals surface area contributed by atoms with Crippen LogP contribution in [0.4, 0.5) is 0 Å². The molecule has 2 heterocycles. The summed E-state index contributed by atoms with van der Waals surface area (Å²) in [7, 11) is 0. The quantitative estimate of drug-likeness (QED) is 0.716. The highest BCUT2D eigenvalue weighted by Crippen LogP contribution is 2.53. The molecule has 3 aliphatic rings. The van der Waals surface area contributed by atoms with Gasteiger partial charge in [-0.2, -0.15) is 0 Å². The standard InChI is InChI=1S/C17H19BrN2O2S/c1-2-10-5-6-16(8-10)9-17(14(21)19-15(23)20-17)12-7-11(18)3-4-13(12)22-16/h3-4,7,10H,2,5-6,8-9H2,1H3,(H2,19,20,21,23). The number of carbonyl (C=O) groups is 1. The van der Waals surface area contributed by atoms with Gasteiger partial charge in [-0.3, -0.25) is 4.79 Å². The Balaban J connectivity index is 1.84. The molecule has 1 aliphatic carbocycles. The Bertz CT molecular complexity index is 710. The van der Waals surface area contributed by atoms with Gasteiger partial charge in [-0.25, -0.2) is 0 Å². The van der Waals surface area contributed by atoms with E-state index in [4.69, 9.17) is 17.0 Å². The number of hydrogen-bond acceptors (Lipinski definition) is 3. The first kappa shape index (κ1) is 15.4. The normalized spacial score (nSPS) is 35.1. The van der Waals surface area contributed by atoms with Crippen molar-refractivity contribution in [3.8, 4) is 5.75 Å². The highest BCUT2D eigenvalue weighted by Gasteiger charge is 2.58. The van der Waals surface area contributed by atoms with Crippen molar-refractivity contribution < 1.29 is 9.53 Å². The van der Waals surface area contributed by atoms with Crippen LogP contribution in [-0.4, -0.2) is 16.6 Å². The van der Waals surface area contributed by atoms with Crippen molar-refractivity contribution in [2.75, 3.05) is 0 Å². The lowest BCUT2D eigenvalue weighted by atomic mass is 9.75. The molecule has 1 aromatic rings. The summed E-state index contributed by atoms with van der Waals surface area (Å²) in [5.41, 5.74) is -0.210. The average Bonchev–Trinajstić information content (AvgIpc) is 3.02. The molecule has 1 saturated heterocycles. The van der Waals surface area contributed by atoms with Gasteiger partial charge in [0.1, 0.15) is 11.4 Å². The molecule has 3 unspecified atom stereocenters. The third-order valence-corrected chi connectivity index (χ3v) is 6.20. The topological polar surface area (TPSA) is 50.4 Å². The van der Waals surface area contributed by atoms with Crippen LogP contribution in [0, 0.1) is 5.92 Å². The summed E-state index contributed by atoms with van der Waals surface area (Å²) in [6, 6.07) is 5.88. The first-order chi connectivity index (χ1) is 11.0. The molecule has 122 valence electrons. The maximum Gasteiger partial charge on any atom is 0.256 e. The number of amides is 1. The molecular formula is C17H19BrN2O2S. The van der Waals surface area contributed by atoms with Gasteiger partial charge in [0.15, 0.2) is 10.7 Å². The number of benzene rings is 1. The number of halogens is 1. The van der Waals surface area contributed by atoms with Gasteiger partial charge in [0, 0.05) is 16.5 Å². The molecule has 1 saturated carbocycles. The molecule has 23 heavy (non-hydrogen) atoms. The largest absolute Gasteiger partial charge is 0.487 e. The maximum atomic E-state index is 12.8. The summed E-state index contributed by atoms with van der Waals surface area (Å²) < 4.78 is 7.38. The zero-order chi connectivity index (χ0) is 16.2. The molecule has 3 atom stereocenters. The number of thiocarbonyl (C=S) groups is 1. The van der Waals surface area contributed by atoms with E-state index in [2.05, 4.69) is 33.5 Å². The van der Waals surface area contributed by atoms with Gasteiger partial charge in [-0.05, 0) is 55.6 Å². The Morgan fingerprint density at radius 2 is 2.30 bits per heavy atom. The highest BCUT2D eigenvalue weighted by molar-refractivity contribution is 9.10. The van der Waals surface area contributed by atoms with E-state index in [0.29, 0.717) is 17.5 Å². The Morgan fingerprint density at radius 3 is 2.96 bits per heavy atom. The van der Waals surface area contributed by atoms with Crippen molar-refractivity contribution in [2.45, 2.75) is 50.2 Å². The molecule has 6 heteroatoms. The molecule has 2 spiro atoms. The summed E-state index contributed by atoms with van der Waals surface area (Å²) in [5.74, 6) is 1.40. The number of rotatable bonds is 1. The monoisotopic (exact) mass is 394 g/mol. The van der Waals surface area contributed by atoms with Crippen molar-refractivity contribution in [1.82, 2.24) is 10.6 Å². The van der Waals surface area contributed by atoms with Crippen LogP contribution in [0.25, 0.3) is 0 Å². The van der Waals surface area contributed by atoms with Crippen LogP contribution < -0.4 is 15.4 Å². The van der Waals surface area contributed by atoms with Crippen molar-refractivity contribution >= 4 is 39.2 Å². The Morgan fingerprint density at radius 1 is 1.48 bits per heavy atom. The minimum absolute atomic E-state index is 0.0653.